The Morgan fingerprint density at radius 1 is 1.23 bits per heavy atom. The Bertz CT molecular complexity index is 913. The number of pyridine rings is 1. The zero-order valence-electron chi connectivity index (χ0n) is 11.2. The summed E-state index contributed by atoms with van der Waals surface area (Å²) in [6.07, 6.45) is 3.82. The molecule has 8 heteroatoms. The molecule has 0 spiro atoms. The summed E-state index contributed by atoms with van der Waals surface area (Å²) < 4.78 is 1.92. The van der Waals surface area contributed by atoms with Crippen LogP contribution in [0.2, 0.25) is 5.02 Å². The Labute approximate surface area is 139 Å². The van der Waals surface area contributed by atoms with Crippen molar-refractivity contribution in [1.29, 1.82) is 0 Å². The molecular formula is C14H10ClN5S2. The van der Waals surface area contributed by atoms with Crippen LogP contribution in [0.15, 0.2) is 47.2 Å². The molecule has 0 fully saturated rings. The van der Waals surface area contributed by atoms with E-state index >= 15 is 0 Å². The summed E-state index contributed by atoms with van der Waals surface area (Å²) in [5.41, 5.74) is 1.85. The van der Waals surface area contributed by atoms with Crippen molar-refractivity contribution < 1.29 is 0 Å². The molecule has 0 aromatic carbocycles. The zero-order chi connectivity index (χ0) is 14.9. The summed E-state index contributed by atoms with van der Waals surface area (Å²) in [4.78, 5) is 10.1. The number of hydrogen-bond acceptors (Lipinski definition) is 5. The molecule has 0 atom stereocenters. The van der Waals surface area contributed by atoms with E-state index < -0.39 is 0 Å². The lowest BCUT2D eigenvalue weighted by Crippen LogP contribution is -1.81. The van der Waals surface area contributed by atoms with Gasteiger partial charge in [0.2, 0.25) is 5.16 Å². The lowest BCUT2D eigenvalue weighted by atomic mass is 10.4. The second-order valence-electron chi connectivity index (χ2n) is 4.58. The van der Waals surface area contributed by atoms with Gasteiger partial charge in [-0.2, -0.15) is 0 Å². The molecule has 0 saturated heterocycles. The van der Waals surface area contributed by atoms with Gasteiger partial charge in [-0.05, 0) is 23.6 Å². The van der Waals surface area contributed by atoms with Gasteiger partial charge < -0.3 is 4.40 Å². The van der Waals surface area contributed by atoms with E-state index in [0.29, 0.717) is 10.8 Å². The smallest absolute Gasteiger partial charge is 0.209 e. The van der Waals surface area contributed by atoms with Crippen LogP contribution < -0.4 is 0 Å². The van der Waals surface area contributed by atoms with Gasteiger partial charge in [0.1, 0.15) is 5.65 Å². The highest BCUT2D eigenvalue weighted by Crippen LogP contribution is 2.25. The lowest BCUT2D eigenvalue weighted by Gasteiger charge is -1.91. The van der Waals surface area contributed by atoms with Gasteiger partial charge in [-0.15, -0.1) is 16.4 Å². The molecule has 5 nitrogen and oxygen atoms in total. The molecule has 0 saturated carbocycles. The first-order valence-electron chi connectivity index (χ1n) is 6.50. The number of nitrogens with zero attached hydrogens (tertiary/aromatic N) is 4. The van der Waals surface area contributed by atoms with Crippen molar-refractivity contribution in [2.24, 2.45) is 0 Å². The first-order chi connectivity index (χ1) is 10.8. The normalized spacial score (nSPS) is 11.3. The van der Waals surface area contributed by atoms with E-state index in [1.54, 1.807) is 23.1 Å². The average Bonchev–Trinajstić information content (AvgIpc) is 3.24. The fourth-order valence-corrected chi connectivity index (χ4v) is 3.57. The average molecular weight is 348 g/mol. The van der Waals surface area contributed by atoms with Crippen molar-refractivity contribution in [1.82, 2.24) is 24.6 Å². The van der Waals surface area contributed by atoms with Gasteiger partial charge in [0.05, 0.1) is 15.6 Å². The monoisotopic (exact) mass is 347 g/mol. The summed E-state index contributed by atoms with van der Waals surface area (Å²) in [6, 6.07) is 7.75. The molecule has 0 amide bonds. The van der Waals surface area contributed by atoms with Crippen molar-refractivity contribution in [3.8, 4) is 10.7 Å². The number of thioether (sulfide) groups is 1. The highest BCUT2D eigenvalue weighted by Gasteiger charge is 2.09. The summed E-state index contributed by atoms with van der Waals surface area (Å²) in [7, 11) is 0. The molecule has 4 aromatic heterocycles. The third-order valence-corrected chi connectivity index (χ3v) is 5.01. The molecule has 4 heterocycles. The first kappa shape index (κ1) is 13.8. The van der Waals surface area contributed by atoms with Gasteiger partial charge in [-0.3, -0.25) is 5.10 Å². The minimum absolute atomic E-state index is 0.693. The highest BCUT2D eigenvalue weighted by molar-refractivity contribution is 7.98. The number of hydrogen-bond donors (Lipinski definition) is 1. The highest BCUT2D eigenvalue weighted by atomic mass is 35.5. The van der Waals surface area contributed by atoms with E-state index in [1.807, 2.05) is 46.4 Å². The summed E-state index contributed by atoms with van der Waals surface area (Å²) in [5.74, 6) is 1.51. The molecule has 22 heavy (non-hydrogen) atoms. The predicted octanol–water partition coefficient (Wildman–Crippen LogP) is 4.13. The number of fused-ring (bicyclic) bond motifs is 1. The van der Waals surface area contributed by atoms with Gasteiger partial charge in [-0.1, -0.05) is 29.4 Å². The zero-order valence-corrected chi connectivity index (χ0v) is 13.6. The fourth-order valence-electron chi connectivity index (χ4n) is 2.06. The van der Waals surface area contributed by atoms with Crippen molar-refractivity contribution in [2.45, 2.75) is 10.9 Å². The van der Waals surface area contributed by atoms with Crippen LogP contribution in [0.5, 0.6) is 0 Å². The van der Waals surface area contributed by atoms with E-state index in [2.05, 4.69) is 20.2 Å². The number of imidazole rings is 1. The number of aromatic amines is 1. The van der Waals surface area contributed by atoms with E-state index in [9.17, 15) is 0 Å². The number of halogens is 1. The summed E-state index contributed by atoms with van der Waals surface area (Å²) in [6.45, 7) is 0. The fraction of sp³-hybridized carbons (Fsp3) is 0.0714. The van der Waals surface area contributed by atoms with Gasteiger partial charge in [-0.25, -0.2) is 9.97 Å². The van der Waals surface area contributed by atoms with Crippen LogP contribution in [0.3, 0.4) is 0 Å². The van der Waals surface area contributed by atoms with Gasteiger partial charge in [0, 0.05) is 18.1 Å². The maximum atomic E-state index is 5.98. The summed E-state index contributed by atoms with van der Waals surface area (Å²) >= 11 is 9.17. The van der Waals surface area contributed by atoms with E-state index in [0.717, 1.165) is 27.2 Å². The number of thiophene rings is 1. The van der Waals surface area contributed by atoms with Gasteiger partial charge in [0.15, 0.2) is 5.82 Å². The Kier molecular flexibility index (Phi) is 3.61. The Hall–Kier alpha value is -1.83. The topological polar surface area (TPSA) is 58.9 Å². The van der Waals surface area contributed by atoms with E-state index in [-0.39, 0.29) is 0 Å². The van der Waals surface area contributed by atoms with Crippen LogP contribution >= 0.6 is 34.7 Å². The van der Waals surface area contributed by atoms with Crippen molar-refractivity contribution in [3.05, 3.63) is 52.8 Å². The number of nitrogens with one attached hydrogen (secondary N) is 1. The van der Waals surface area contributed by atoms with Crippen LogP contribution in [-0.4, -0.2) is 24.6 Å². The van der Waals surface area contributed by atoms with Crippen molar-refractivity contribution in [2.75, 3.05) is 0 Å². The van der Waals surface area contributed by atoms with Crippen LogP contribution in [0.25, 0.3) is 16.3 Å². The Morgan fingerprint density at radius 2 is 2.18 bits per heavy atom. The maximum absolute atomic E-state index is 5.98. The summed E-state index contributed by atoms with van der Waals surface area (Å²) in [5, 5.41) is 10.6. The predicted molar refractivity (Wildman–Crippen MR) is 89.5 cm³/mol. The molecule has 4 aromatic rings. The molecule has 0 aliphatic rings. The molecule has 1 N–H and O–H groups in total. The first-order valence-corrected chi connectivity index (χ1v) is 8.74. The quantitative estimate of drug-likeness (QED) is 0.564. The van der Waals surface area contributed by atoms with Crippen molar-refractivity contribution >= 4 is 40.3 Å². The second-order valence-corrected chi connectivity index (χ2v) is 6.90. The SMILES string of the molecule is Clc1ccc2nc(CSc3n[nH]c(-c4cccs4)n3)cn2c1. The van der Waals surface area contributed by atoms with Gasteiger partial charge >= 0.3 is 0 Å². The molecule has 110 valence electrons. The van der Waals surface area contributed by atoms with Crippen LogP contribution in [0.4, 0.5) is 0 Å². The lowest BCUT2D eigenvalue weighted by molar-refractivity contribution is 0.972. The molecular weight excluding hydrogens is 338 g/mol. The minimum atomic E-state index is 0.693. The minimum Gasteiger partial charge on any atom is -0.305 e. The third kappa shape index (κ3) is 2.75. The molecule has 0 bridgehead atoms. The third-order valence-electron chi connectivity index (χ3n) is 3.03. The molecule has 0 radical (unpaired) electrons. The number of H-pyrrole nitrogens is 1. The van der Waals surface area contributed by atoms with Crippen LogP contribution in [0, 0.1) is 0 Å². The second kappa shape index (κ2) is 5.75. The maximum Gasteiger partial charge on any atom is 0.209 e. The van der Waals surface area contributed by atoms with Gasteiger partial charge in [0.25, 0.3) is 0 Å². The largest absolute Gasteiger partial charge is 0.305 e. The molecule has 0 aliphatic carbocycles. The standard InChI is InChI=1S/C14H10ClN5S2/c15-9-3-4-12-16-10(7-20(12)6-9)8-22-14-17-13(18-19-14)11-2-1-5-21-11/h1-7H,8H2,(H,17,18,19). The number of aromatic nitrogens is 5. The Morgan fingerprint density at radius 3 is 3.05 bits per heavy atom. The van der Waals surface area contributed by atoms with E-state index in [4.69, 9.17) is 11.6 Å². The van der Waals surface area contributed by atoms with Crippen LogP contribution in [-0.2, 0) is 5.75 Å². The number of rotatable bonds is 4. The van der Waals surface area contributed by atoms with Crippen molar-refractivity contribution in [3.63, 3.8) is 0 Å². The molecule has 0 aliphatic heterocycles. The van der Waals surface area contributed by atoms with Crippen LogP contribution in [0.1, 0.15) is 5.69 Å². The molecule has 0 unspecified atom stereocenters. The molecule has 4 rings (SSSR count). The Balaban J connectivity index is 1.49. The van der Waals surface area contributed by atoms with E-state index in [1.165, 1.54) is 0 Å².